The standard InChI is InChI=1S/C31H27N3O4/c1-2-3-9-19-16-17-20(34-26-14-6-4-11-23(26)29(33-32)30(34)36)18-25(19)28-22(12-8-13-24(28)31(37)38)21-10-5-7-15-27(21)35/h4-8,10-18,35H,2-3,9,32H2,1H3,(H,37,38). The number of anilines is 2. The van der Waals surface area contributed by atoms with Crippen LogP contribution in [0.5, 0.6) is 5.75 Å². The van der Waals surface area contributed by atoms with Crippen LogP contribution in [0.25, 0.3) is 22.3 Å². The van der Waals surface area contributed by atoms with Gasteiger partial charge in [-0.1, -0.05) is 67.9 Å². The normalized spacial score (nSPS) is 13.7. The number of carbonyl (C=O) groups excluding carboxylic acids is 1. The first kappa shape index (κ1) is 24.8. The number of phenolic OH excluding ortho intramolecular Hbond substituents is 1. The quantitative estimate of drug-likeness (QED) is 0.207. The number of nitrogens with zero attached hydrogens (tertiary/aromatic N) is 2. The van der Waals surface area contributed by atoms with Gasteiger partial charge in [0.25, 0.3) is 5.91 Å². The summed E-state index contributed by atoms with van der Waals surface area (Å²) in [7, 11) is 0. The molecule has 7 heteroatoms. The number of aryl methyl sites for hydroxylation is 1. The molecule has 0 saturated heterocycles. The molecule has 0 saturated carbocycles. The smallest absolute Gasteiger partial charge is 0.336 e. The summed E-state index contributed by atoms with van der Waals surface area (Å²) in [5, 5.41) is 24.6. The van der Waals surface area contributed by atoms with Crippen molar-refractivity contribution in [2.75, 3.05) is 4.90 Å². The number of nitrogens with two attached hydrogens (primary N) is 1. The van der Waals surface area contributed by atoms with E-state index in [1.54, 1.807) is 47.4 Å². The third kappa shape index (κ3) is 4.18. The molecule has 0 aromatic heterocycles. The van der Waals surface area contributed by atoms with E-state index in [0.717, 1.165) is 24.8 Å². The number of hydrogen-bond acceptors (Lipinski definition) is 5. The number of fused-ring (bicyclic) bond motifs is 1. The summed E-state index contributed by atoms with van der Waals surface area (Å²) >= 11 is 0. The average molecular weight is 506 g/mol. The summed E-state index contributed by atoms with van der Waals surface area (Å²) in [5.41, 5.74) is 5.38. The van der Waals surface area contributed by atoms with Crippen LogP contribution in [0.15, 0.2) is 90.0 Å². The van der Waals surface area contributed by atoms with Crippen LogP contribution in [0.1, 0.15) is 41.3 Å². The molecule has 0 aliphatic carbocycles. The highest BCUT2D eigenvalue weighted by molar-refractivity contribution is 6.55. The molecule has 1 heterocycles. The molecule has 0 unspecified atom stereocenters. The fourth-order valence-electron chi connectivity index (χ4n) is 5.05. The molecule has 7 nitrogen and oxygen atoms in total. The number of benzene rings is 4. The lowest BCUT2D eigenvalue weighted by atomic mass is 9.86. The number of hydrogen-bond donors (Lipinski definition) is 3. The molecule has 0 radical (unpaired) electrons. The van der Waals surface area contributed by atoms with Crippen molar-refractivity contribution < 1.29 is 19.8 Å². The van der Waals surface area contributed by atoms with E-state index in [2.05, 4.69) is 12.0 Å². The van der Waals surface area contributed by atoms with Crippen molar-refractivity contribution in [2.45, 2.75) is 26.2 Å². The van der Waals surface area contributed by atoms with Gasteiger partial charge in [-0.25, -0.2) is 4.79 Å². The monoisotopic (exact) mass is 505 g/mol. The van der Waals surface area contributed by atoms with Gasteiger partial charge in [-0.3, -0.25) is 9.69 Å². The second kappa shape index (κ2) is 10.2. The van der Waals surface area contributed by atoms with E-state index in [9.17, 15) is 19.8 Å². The molecular weight excluding hydrogens is 478 g/mol. The van der Waals surface area contributed by atoms with Crippen LogP contribution in [0, 0.1) is 0 Å². The van der Waals surface area contributed by atoms with Gasteiger partial charge < -0.3 is 16.1 Å². The van der Waals surface area contributed by atoms with E-state index in [1.807, 2.05) is 42.5 Å². The third-order valence-corrected chi connectivity index (χ3v) is 6.84. The van der Waals surface area contributed by atoms with Crippen molar-refractivity contribution in [3.05, 3.63) is 102 Å². The maximum Gasteiger partial charge on any atom is 0.336 e. The first-order valence-corrected chi connectivity index (χ1v) is 12.5. The lowest BCUT2D eigenvalue weighted by Crippen LogP contribution is -2.26. The minimum Gasteiger partial charge on any atom is -0.507 e. The fourth-order valence-corrected chi connectivity index (χ4v) is 5.05. The number of carboxylic acid groups (broad SMARTS) is 1. The second-order valence-corrected chi connectivity index (χ2v) is 9.13. The summed E-state index contributed by atoms with van der Waals surface area (Å²) < 4.78 is 0. The third-order valence-electron chi connectivity index (χ3n) is 6.84. The summed E-state index contributed by atoms with van der Waals surface area (Å²) in [5.74, 6) is 4.20. The Labute approximate surface area is 220 Å². The van der Waals surface area contributed by atoms with Gasteiger partial charge in [-0.05, 0) is 59.9 Å². The summed E-state index contributed by atoms with van der Waals surface area (Å²) in [6.45, 7) is 2.10. The number of para-hydroxylation sites is 2. The molecule has 4 N–H and O–H groups in total. The van der Waals surface area contributed by atoms with Gasteiger partial charge >= 0.3 is 5.97 Å². The van der Waals surface area contributed by atoms with Crippen molar-refractivity contribution in [2.24, 2.45) is 10.9 Å². The van der Waals surface area contributed by atoms with Crippen LogP contribution in [0.4, 0.5) is 11.4 Å². The van der Waals surface area contributed by atoms with Gasteiger partial charge in [-0.15, -0.1) is 0 Å². The van der Waals surface area contributed by atoms with E-state index in [1.165, 1.54) is 0 Å². The van der Waals surface area contributed by atoms with Gasteiger partial charge in [-0.2, -0.15) is 5.10 Å². The highest BCUT2D eigenvalue weighted by Crippen LogP contribution is 2.43. The second-order valence-electron chi connectivity index (χ2n) is 9.13. The number of unbranched alkanes of at least 4 members (excludes halogenated alkanes) is 1. The topological polar surface area (TPSA) is 116 Å². The SMILES string of the molecule is CCCCc1ccc(N2C(=O)C(=NN)c3ccccc32)cc1-c1c(C(=O)O)cccc1-c1ccccc1O. The van der Waals surface area contributed by atoms with Crippen LogP contribution >= 0.6 is 0 Å². The van der Waals surface area contributed by atoms with Crippen LogP contribution in [-0.2, 0) is 11.2 Å². The zero-order valence-corrected chi connectivity index (χ0v) is 20.9. The van der Waals surface area contributed by atoms with Gasteiger partial charge in [0.15, 0.2) is 5.71 Å². The van der Waals surface area contributed by atoms with Crippen molar-refractivity contribution in [3.8, 4) is 28.0 Å². The minimum atomic E-state index is -1.08. The molecule has 4 aromatic rings. The lowest BCUT2D eigenvalue weighted by molar-refractivity contribution is -0.111. The summed E-state index contributed by atoms with van der Waals surface area (Å²) in [6, 6.07) is 24.9. The van der Waals surface area contributed by atoms with Gasteiger partial charge in [0.05, 0.1) is 11.3 Å². The first-order chi connectivity index (χ1) is 18.5. The average Bonchev–Trinajstić information content (AvgIpc) is 3.22. The molecule has 0 spiro atoms. The summed E-state index contributed by atoms with van der Waals surface area (Å²) in [6.07, 6.45) is 2.59. The number of phenols is 1. The Balaban J connectivity index is 1.79. The van der Waals surface area contributed by atoms with Gasteiger partial charge in [0.2, 0.25) is 0 Å². The zero-order chi connectivity index (χ0) is 26.8. The molecule has 0 bridgehead atoms. The van der Waals surface area contributed by atoms with E-state index >= 15 is 0 Å². The van der Waals surface area contributed by atoms with Crippen molar-refractivity contribution >= 4 is 29.0 Å². The Bertz CT molecular complexity index is 1590. The molecule has 1 aliphatic heterocycles. The van der Waals surface area contributed by atoms with Crippen LogP contribution in [0.2, 0.25) is 0 Å². The predicted molar refractivity (Wildman–Crippen MR) is 149 cm³/mol. The maximum absolute atomic E-state index is 13.4. The van der Waals surface area contributed by atoms with Crippen LogP contribution < -0.4 is 10.7 Å². The Morgan fingerprint density at radius 1 is 0.895 bits per heavy atom. The van der Waals surface area contributed by atoms with Crippen molar-refractivity contribution in [1.29, 1.82) is 0 Å². The Hall–Kier alpha value is -4.91. The molecule has 4 aromatic carbocycles. The number of aromatic carboxylic acids is 1. The summed E-state index contributed by atoms with van der Waals surface area (Å²) in [4.78, 5) is 27.4. The minimum absolute atomic E-state index is 0.0509. The number of aromatic hydroxyl groups is 1. The number of hydrazone groups is 1. The Kier molecular flexibility index (Phi) is 6.66. The molecule has 1 aliphatic rings. The van der Waals surface area contributed by atoms with Gasteiger partial charge in [0, 0.05) is 22.4 Å². The highest BCUT2D eigenvalue weighted by atomic mass is 16.4. The molecule has 0 fully saturated rings. The molecule has 190 valence electrons. The molecule has 1 amide bonds. The number of carbonyl (C=O) groups is 2. The van der Waals surface area contributed by atoms with E-state index < -0.39 is 5.97 Å². The van der Waals surface area contributed by atoms with Crippen molar-refractivity contribution in [3.63, 3.8) is 0 Å². The molecular formula is C31H27N3O4. The predicted octanol–water partition coefficient (Wildman–Crippen LogP) is 6.11. The lowest BCUT2D eigenvalue weighted by Gasteiger charge is -2.22. The van der Waals surface area contributed by atoms with Crippen LogP contribution in [-0.4, -0.2) is 27.8 Å². The van der Waals surface area contributed by atoms with E-state index in [0.29, 0.717) is 39.2 Å². The highest BCUT2D eigenvalue weighted by Gasteiger charge is 2.35. The number of amides is 1. The fraction of sp³-hybridized carbons (Fsp3) is 0.129. The Morgan fingerprint density at radius 3 is 2.32 bits per heavy atom. The maximum atomic E-state index is 13.4. The zero-order valence-electron chi connectivity index (χ0n) is 20.9. The van der Waals surface area contributed by atoms with Crippen LogP contribution in [0.3, 0.4) is 0 Å². The molecule has 0 atom stereocenters. The van der Waals surface area contributed by atoms with E-state index in [-0.39, 0.29) is 22.9 Å². The van der Waals surface area contributed by atoms with Crippen molar-refractivity contribution in [1.82, 2.24) is 0 Å². The molecule has 5 rings (SSSR count). The molecule has 38 heavy (non-hydrogen) atoms. The largest absolute Gasteiger partial charge is 0.507 e. The van der Waals surface area contributed by atoms with Gasteiger partial charge in [0.1, 0.15) is 5.75 Å². The first-order valence-electron chi connectivity index (χ1n) is 12.5. The number of rotatable bonds is 7. The number of carboxylic acids is 1. The Morgan fingerprint density at radius 2 is 1.61 bits per heavy atom. The van der Waals surface area contributed by atoms with E-state index in [4.69, 9.17) is 5.84 Å².